The SMILES string of the molecule is CCCCCCC(C)(C#CC(=O)C(C)C)OC. The third kappa shape index (κ3) is 7.18. The molecular weight excluding hydrogens is 212 g/mol. The van der Waals surface area contributed by atoms with Crippen molar-refractivity contribution in [1.82, 2.24) is 0 Å². The van der Waals surface area contributed by atoms with Crippen LogP contribution in [0.25, 0.3) is 0 Å². The summed E-state index contributed by atoms with van der Waals surface area (Å²) in [7, 11) is 1.66. The topological polar surface area (TPSA) is 26.3 Å². The molecule has 0 bridgehead atoms. The Morgan fingerprint density at radius 2 is 1.94 bits per heavy atom. The molecule has 17 heavy (non-hydrogen) atoms. The fourth-order valence-corrected chi connectivity index (χ4v) is 1.44. The maximum atomic E-state index is 11.5. The number of carbonyl (C=O) groups excluding carboxylic acids is 1. The van der Waals surface area contributed by atoms with Crippen LogP contribution in [0.4, 0.5) is 0 Å². The predicted octanol–water partition coefficient (Wildman–Crippen LogP) is 3.59. The minimum absolute atomic E-state index is 0.0122. The molecule has 0 radical (unpaired) electrons. The summed E-state index contributed by atoms with van der Waals surface area (Å²) >= 11 is 0. The number of unbranched alkanes of at least 4 members (excludes halogenated alkanes) is 3. The molecule has 0 rings (SSSR count). The number of carbonyl (C=O) groups is 1. The van der Waals surface area contributed by atoms with Crippen molar-refractivity contribution in [2.75, 3.05) is 7.11 Å². The minimum Gasteiger partial charge on any atom is -0.366 e. The van der Waals surface area contributed by atoms with E-state index in [1.807, 2.05) is 20.8 Å². The standard InChI is InChI=1S/C15H26O2/c1-6-7-8-9-11-15(4,17-5)12-10-14(16)13(2)3/h13H,6-9,11H2,1-5H3. The lowest BCUT2D eigenvalue weighted by Gasteiger charge is -2.21. The van der Waals surface area contributed by atoms with Crippen LogP contribution in [0.2, 0.25) is 0 Å². The Bertz CT molecular complexity index is 283. The van der Waals surface area contributed by atoms with Gasteiger partial charge >= 0.3 is 0 Å². The Morgan fingerprint density at radius 3 is 2.41 bits per heavy atom. The second kappa shape index (κ2) is 8.31. The zero-order valence-corrected chi connectivity index (χ0v) is 11.9. The van der Waals surface area contributed by atoms with Gasteiger partial charge in [-0.2, -0.15) is 0 Å². The van der Waals surface area contributed by atoms with Crippen molar-refractivity contribution in [2.45, 2.75) is 65.4 Å². The Kier molecular flexibility index (Phi) is 7.91. The maximum absolute atomic E-state index is 11.5. The van der Waals surface area contributed by atoms with Crippen LogP contribution in [0, 0.1) is 17.8 Å². The van der Waals surface area contributed by atoms with Crippen molar-refractivity contribution in [3.05, 3.63) is 0 Å². The smallest absolute Gasteiger partial charge is 0.208 e. The number of Topliss-reactive ketones (excluding diaryl/α,β-unsaturated/α-hetero) is 1. The first-order chi connectivity index (χ1) is 7.95. The Balaban J connectivity index is 4.31. The lowest BCUT2D eigenvalue weighted by molar-refractivity contribution is -0.116. The summed E-state index contributed by atoms with van der Waals surface area (Å²) in [5, 5.41) is 0. The van der Waals surface area contributed by atoms with Crippen LogP contribution >= 0.6 is 0 Å². The molecule has 2 heteroatoms. The molecule has 0 N–H and O–H groups in total. The van der Waals surface area contributed by atoms with Crippen LogP contribution in [-0.2, 0) is 9.53 Å². The van der Waals surface area contributed by atoms with Crippen LogP contribution < -0.4 is 0 Å². The quantitative estimate of drug-likeness (QED) is 0.385. The van der Waals surface area contributed by atoms with E-state index in [0.29, 0.717) is 0 Å². The molecule has 1 atom stereocenters. The molecule has 1 unspecified atom stereocenters. The molecule has 2 nitrogen and oxygen atoms in total. The Hall–Kier alpha value is -0.810. The zero-order valence-electron chi connectivity index (χ0n) is 11.9. The molecule has 0 amide bonds. The molecule has 0 heterocycles. The third-order valence-corrected chi connectivity index (χ3v) is 2.93. The van der Waals surface area contributed by atoms with Crippen LogP contribution in [0.3, 0.4) is 0 Å². The highest BCUT2D eigenvalue weighted by Gasteiger charge is 2.20. The van der Waals surface area contributed by atoms with Gasteiger partial charge in [-0.1, -0.05) is 46.0 Å². The number of methoxy groups -OCH3 is 1. The molecule has 0 aliphatic carbocycles. The molecule has 0 aliphatic rings. The molecular formula is C15H26O2. The van der Waals surface area contributed by atoms with Gasteiger partial charge in [-0.15, -0.1) is 0 Å². The Labute approximate surface area is 106 Å². The summed E-state index contributed by atoms with van der Waals surface area (Å²) in [5.74, 6) is 5.65. The zero-order chi connectivity index (χ0) is 13.3. The van der Waals surface area contributed by atoms with Crippen molar-refractivity contribution in [3.8, 4) is 11.8 Å². The van der Waals surface area contributed by atoms with E-state index < -0.39 is 5.60 Å². The first-order valence-electron chi connectivity index (χ1n) is 6.57. The molecule has 98 valence electrons. The summed E-state index contributed by atoms with van der Waals surface area (Å²) < 4.78 is 5.42. The summed E-state index contributed by atoms with van der Waals surface area (Å²) in [5.41, 5.74) is -0.474. The highest BCUT2D eigenvalue weighted by Crippen LogP contribution is 2.18. The van der Waals surface area contributed by atoms with Crippen LogP contribution in [0.5, 0.6) is 0 Å². The van der Waals surface area contributed by atoms with Gasteiger partial charge in [0.1, 0.15) is 5.60 Å². The van der Waals surface area contributed by atoms with Gasteiger partial charge in [0, 0.05) is 13.0 Å². The van der Waals surface area contributed by atoms with Gasteiger partial charge in [-0.3, -0.25) is 4.79 Å². The summed E-state index contributed by atoms with van der Waals surface area (Å²) in [6.45, 7) is 7.88. The first kappa shape index (κ1) is 16.2. The normalized spacial score (nSPS) is 14.0. The van der Waals surface area contributed by atoms with Gasteiger partial charge in [0.15, 0.2) is 0 Å². The van der Waals surface area contributed by atoms with E-state index in [1.54, 1.807) is 7.11 Å². The molecule has 0 aromatic rings. The van der Waals surface area contributed by atoms with Crippen LogP contribution in [-0.4, -0.2) is 18.5 Å². The van der Waals surface area contributed by atoms with Crippen LogP contribution in [0.15, 0.2) is 0 Å². The van der Waals surface area contributed by atoms with Gasteiger partial charge in [0.25, 0.3) is 0 Å². The van der Waals surface area contributed by atoms with Crippen molar-refractivity contribution >= 4 is 5.78 Å². The number of hydrogen-bond acceptors (Lipinski definition) is 2. The van der Waals surface area contributed by atoms with E-state index in [1.165, 1.54) is 19.3 Å². The number of ether oxygens (including phenoxy) is 1. The van der Waals surface area contributed by atoms with Gasteiger partial charge in [0.2, 0.25) is 5.78 Å². The molecule has 0 saturated heterocycles. The van der Waals surface area contributed by atoms with Crippen molar-refractivity contribution in [3.63, 3.8) is 0 Å². The number of ketones is 1. The van der Waals surface area contributed by atoms with Crippen LogP contribution in [0.1, 0.15) is 59.8 Å². The van der Waals surface area contributed by atoms with Crippen molar-refractivity contribution in [1.29, 1.82) is 0 Å². The van der Waals surface area contributed by atoms with Gasteiger partial charge in [-0.05, 0) is 25.7 Å². The average molecular weight is 238 g/mol. The van der Waals surface area contributed by atoms with Gasteiger partial charge in [0.05, 0.1) is 0 Å². The monoisotopic (exact) mass is 238 g/mol. The molecule has 0 aliphatic heterocycles. The molecule has 0 saturated carbocycles. The van der Waals surface area contributed by atoms with Crippen molar-refractivity contribution in [2.24, 2.45) is 5.92 Å². The molecule has 0 aromatic heterocycles. The average Bonchev–Trinajstić information content (AvgIpc) is 2.31. The summed E-state index contributed by atoms with van der Waals surface area (Å²) in [6, 6.07) is 0. The van der Waals surface area contributed by atoms with Gasteiger partial charge in [-0.25, -0.2) is 0 Å². The predicted molar refractivity (Wildman–Crippen MR) is 71.8 cm³/mol. The van der Waals surface area contributed by atoms with Gasteiger partial charge < -0.3 is 4.74 Å². The summed E-state index contributed by atoms with van der Waals surface area (Å²) in [6.07, 6.45) is 5.67. The highest BCUT2D eigenvalue weighted by molar-refractivity contribution is 5.96. The van der Waals surface area contributed by atoms with E-state index in [-0.39, 0.29) is 11.7 Å². The molecule has 0 fully saturated rings. The van der Waals surface area contributed by atoms with E-state index in [9.17, 15) is 4.79 Å². The Morgan fingerprint density at radius 1 is 1.29 bits per heavy atom. The highest BCUT2D eigenvalue weighted by atomic mass is 16.5. The fraction of sp³-hybridized carbons (Fsp3) is 0.800. The van der Waals surface area contributed by atoms with E-state index in [4.69, 9.17) is 4.74 Å². The number of rotatable bonds is 7. The first-order valence-corrected chi connectivity index (χ1v) is 6.57. The van der Waals surface area contributed by atoms with Crippen molar-refractivity contribution < 1.29 is 9.53 Å². The second-order valence-electron chi connectivity index (χ2n) is 5.01. The minimum atomic E-state index is -0.474. The lowest BCUT2D eigenvalue weighted by Crippen LogP contribution is -2.25. The largest absolute Gasteiger partial charge is 0.366 e. The van der Waals surface area contributed by atoms with E-state index >= 15 is 0 Å². The summed E-state index contributed by atoms with van der Waals surface area (Å²) in [4.78, 5) is 11.5. The number of hydrogen-bond donors (Lipinski definition) is 0. The maximum Gasteiger partial charge on any atom is 0.208 e. The van der Waals surface area contributed by atoms with E-state index in [2.05, 4.69) is 18.8 Å². The third-order valence-electron chi connectivity index (χ3n) is 2.93. The fourth-order valence-electron chi connectivity index (χ4n) is 1.44. The lowest BCUT2D eigenvalue weighted by atomic mass is 9.97. The second-order valence-corrected chi connectivity index (χ2v) is 5.01. The molecule has 0 aromatic carbocycles. The molecule has 0 spiro atoms. The van der Waals surface area contributed by atoms with E-state index in [0.717, 1.165) is 12.8 Å².